The highest BCUT2D eigenvalue weighted by molar-refractivity contribution is 5.70. The van der Waals surface area contributed by atoms with E-state index in [0.717, 1.165) is 12.0 Å². The highest BCUT2D eigenvalue weighted by Crippen LogP contribution is 2.26. The van der Waals surface area contributed by atoms with Crippen molar-refractivity contribution in [3.8, 4) is 0 Å². The molecule has 1 amide bonds. The van der Waals surface area contributed by atoms with Crippen LogP contribution in [0.4, 0.5) is 4.79 Å². The first-order chi connectivity index (χ1) is 16.9. The maximum absolute atomic E-state index is 12.5. The van der Waals surface area contributed by atoms with Crippen LogP contribution >= 0.6 is 0 Å². The van der Waals surface area contributed by atoms with Crippen LogP contribution in [-0.2, 0) is 23.8 Å². The third-order valence-corrected chi connectivity index (χ3v) is 5.86. The second-order valence-electron chi connectivity index (χ2n) is 9.74. The molecule has 9 nitrogen and oxygen atoms in total. The van der Waals surface area contributed by atoms with Crippen LogP contribution in [0.5, 0.6) is 0 Å². The van der Waals surface area contributed by atoms with Crippen LogP contribution in [0, 0.1) is 11.8 Å². The van der Waals surface area contributed by atoms with Gasteiger partial charge in [-0.15, -0.1) is 0 Å². The summed E-state index contributed by atoms with van der Waals surface area (Å²) >= 11 is 0. The minimum Gasteiger partial charge on any atom is -0.457 e. The summed E-state index contributed by atoms with van der Waals surface area (Å²) in [6.07, 6.45) is 6.76. The van der Waals surface area contributed by atoms with Crippen LogP contribution < -0.4 is 5.32 Å². The number of amides is 1. The van der Waals surface area contributed by atoms with Gasteiger partial charge in [-0.1, -0.05) is 45.1 Å². The molecular weight excluding hydrogens is 466 g/mol. The van der Waals surface area contributed by atoms with Crippen molar-refractivity contribution < 1.29 is 38.8 Å². The van der Waals surface area contributed by atoms with Crippen molar-refractivity contribution in [2.75, 3.05) is 13.2 Å². The number of esters is 2. The highest BCUT2D eigenvalue weighted by atomic mass is 16.6. The Morgan fingerprint density at radius 1 is 1.33 bits per heavy atom. The van der Waals surface area contributed by atoms with Gasteiger partial charge in [0.25, 0.3) is 0 Å². The molecule has 0 saturated heterocycles. The highest BCUT2D eigenvalue weighted by Gasteiger charge is 2.35. The third-order valence-electron chi connectivity index (χ3n) is 5.86. The summed E-state index contributed by atoms with van der Waals surface area (Å²) in [6.45, 7) is 11.2. The van der Waals surface area contributed by atoms with E-state index in [1.807, 2.05) is 45.9 Å². The fraction of sp³-hybridized carbons (Fsp3) is 0.667. The van der Waals surface area contributed by atoms with E-state index >= 15 is 0 Å². The average molecular weight is 510 g/mol. The fourth-order valence-corrected chi connectivity index (χ4v) is 3.66. The molecule has 0 aliphatic carbocycles. The number of nitrogens with one attached hydrogen (secondary N) is 1. The lowest BCUT2D eigenvalue weighted by molar-refractivity contribution is -0.157. The average Bonchev–Trinajstić information content (AvgIpc) is 2.80. The quantitative estimate of drug-likeness (QED) is 0.196. The van der Waals surface area contributed by atoms with E-state index < -0.39 is 41.9 Å². The summed E-state index contributed by atoms with van der Waals surface area (Å²) < 4.78 is 16.2. The number of hydrogen-bond acceptors (Lipinski definition) is 8. The monoisotopic (exact) mass is 509 g/mol. The number of carbonyl (C=O) groups excluding carboxylic acids is 3. The Hall–Kier alpha value is -2.65. The van der Waals surface area contributed by atoms with E-state index in [1.165, 1.54) is 13.8 Å². The molecule has 0 saturated carbocycles. The number of aliphatic hydroxyl groups excluding tert-OH is 1. The SMILES string of the molecule is CCCNC(=O)OCC(C)/C=C/C=C(\C)[C@H]1OC(=O)C[C@@H](O)CC[C@](C)(O)[C@@H](OC(C)=O)/C=C/[C@@H]1C. The molecule has 1 aliphatic rings. The fourth-order valence-electron chi connectivity index (χ4n) is 3.66. The number of rotatable bonds is 8. The number of ether oxygens (including phenoxy) is 3. The first-order valence-electron chi connectivity index (χ1n) is 12.6. The number of alkyl carbamates (subject to hydrolysis) is 1. The molecule has 204 valence electrons. The number of cyclic esters (lactones) is 1. The van der Waals surface area contributed by atoms with E-state index in [4.69, 9.17) is 14.2 Å². The van der Waals surface area contributed by atoms with Gasteiger partial charge in [0.1, 0.15) is 17.8 Å². The number of allylic oxidation sites excluding steroid dienone is 2. The molecule has 0 fully saturated rings. The zero-order valence-electron chi connectivity index (χ0n) is 22.4. The molecule has 0 aromatic heterocycles. The van der Waals surface area contributed by atoms with Crippen LogP contribution in [0.15, 0.2) is 36.0 Å². The lowest BCUT2D eigenvalue weighted by Gasteiger charge is -2.32. The number of aliphatic hydroxyl groups is 2. The lowest BCUT2D eigenvalue weighted by atomic mass is 9.88. The molecule has 1 aliphatic heterocycles. The number of hydrogen-bond donors (Lipinski definition) is 3. The predicted octanol–water partition coefficient (Wildman–Crippen LogP) is 3.59. The summed E-state index contributed by atoms with van der Waals surface area (Å²) in [6, 6.07) is 0. The summed E-state index contributed by atoms with van der Waals surface area (Å²) in [5, 5.41) is 23.8. The molecule has 0 bridgehead atoms. The van der Waals surface area contributed by atoms with Gasteiger partial charge < -0.3 is 29.7 Å². The van der Waals surface area contributed by atoms with E-state index in [1.54, 1.807) is 12.2 Å². The van der Waals surface area contributed by atoms with Crippen LogP contribution in [0.1, 0.15) is 67.2 Å². The van der Waals surface area contributed by atoms with Crippen molar-refractivity contribution in [3.05, 3.63) is 36.0 Å². The van der Waals surface area contributed by atoms with E-state index in [0.29, 0.717) is 6.54 Å². The molecule has 9 heteroatoms. The predicted molar refractivity (Wildman–Crippen MR) is 136 cm³/mol. The van der Waals surface area contributed by atoms with E-state index in [9.17, 15) is 24.6 Å². The van der Waals surface area contributed by atoms with Gasteiger partial charge in [-0.2, -0.15) is 0 Å². The Labute approximate surface area is 214 Å². The van der Waals surface area contributed by atoms with Gasteiger partial charge in [0.05, 0.1) is 19.1 Å². The topological polar surface area (TPSA) is 131 Å². The van der Waals surface area contributed by atoms with Crippen molar-refractivity contribution in [2.24, 2.45) is 11.8 Å². The Balaban J connectivity index is 3.02. The molecule has 0 spiro atoms. The Kier molecular flexibility index (Phi) is 13.5. The molecule has 0 radical (unpaired) electrons. The van der Waals surface area contributed by atoms with Crippen LogP contribution in [0.3, 0.4) is 0 Å². The minimum absolute atomic E-state index is 0.0283. The van der Waals surface area contributed by atoms with Gasteiger partial charge in [0.15, 0.2) is 0 Å². The van der Waals surface area contributed by atoms with Gasteiger partial charge in [0, 0.05) is 25.3 Å². The molecule has 1 rings (SSSR count). The molecule has 6 atom stereocenters. The third kappa shape index (κ3) is 11.9. The second kappa shape index (κ2) is 15.5. The molecule has 36 heavy (non-hydrogen) atoms. The van der Waals surface area contributed by atoms with Gasteiger partial charge in [0.2, 0.25) is 0 Å². The zero-order chi connectivity index (χ0) is 27.3. The minimum atomic E-state index is -1.42. The van der Waals surface area contributed by atoms with Crippen LogP contribution in [0.25, 0.3) is 0 Å². The van der Waals surface area contributed by atoms with E-state index in [-0.39, 0.29) is 37.7 Å². The van der Waals surface area contributed by atoms with Gasteiger partial charge in [-0.25, -0.2) is 4.79 Å². The summed E-state index contributed by atoms with van der Waals surface area (Å²) in [4.78, 5) is 35.7. The van der Waals surface area contributed by atoms with Gasteiger partial charge in [-0.05, 0) is 44.8 Å². The van der Waals surface area contributed by atoms with E-state index in [2.05, 4.69) is 5.32 Å². The van der Waals surface area contributed by atoms with Crippen molar-refractivity contribution in [1.82, 2.24) is 5.32 Å². The normalized spacial score (nSPS) is 29.9. The molecule has 0 aromatic carbocycles. The van der Waals surface area contributed by atoms with Crippen LogP contribution in [0.2, 0.25) is 0 Å². The first-order valence-corrected chi connectivity index (χ1v) is 12.6. The maximum atomic E-state index is 12.5. The molecular formula is C27H43NO8. The zero-order valence-corrected chi connectivity index (χ0v) is 22.4. The maximum Gasteiger partial charge on any atom is 0.407 e. The van der Waals surface area contributed by atoms with Crippen molar-refractivity contribution in [1.29, 1.82) is 0 Å². The lowest BCUT2D eigenvalue weighted by Crippen LogP contribution is -2.42. The second-order valence-corrected chi connectivity index (χ2v) is 9.74. The standard InChI is InChI=1S/C27H43NO8/c1-7-15-28-26(32)34-17-18(2)9-8-10-19(3)25-20(4)11-12-23(35-21(5)29)27(6,33)14-13-22(30)16-24(31)36-25/h8-12,18,20,22-23,25,30,33H,7,13-17H2,1-6H3,(H,28,32)/b9-8+,12-11+,19-10+/t18?,20-,22-,23-,25+,27-/m0/s1. The smallest absolute Gasteiger partial charge is 0.407 e. The molecule has 3 N–H and O–H groups in total. The largest absolute Gasteiger partial charge is 0.457 e. The summed E-state index contributed by atoms with van der Waals surface area (Å²) in [5.74, 6) is -1.41. The number of carbonyl (C=O) groups is 3. The van der Waals surface area contributed by atoms with Crippen molar-refractivity contribution in [3.63, 3.8) is 0 Å². The Bertz CT molecular complexity index is 817. The Morgan fingerprint density at radius 2 is 2.03 bits per heavy atom. The summed E-state index contributed by atoms with van der Waals surface area (Å²) in [5.41, 5.74) is -0.659. The van der Waals surface area contributed by atoms with Gasteiger partial charge >= 0.3 is 18.0 Å². The Morgan fingerprint density at radius 3 is 2.67 bits per heavy atom. The molecule has 0 aromatic rings. The van der Waals surface area contributed by atoms with Crippen molar-refractivity contribution in [2.45, 2.75) is 91.1 Å². The van der Waals surface area contributed by atoms with Crippen LogP contribution in [-0.4, -0.2) is 65.3 Å². The molecule has 1 heterocycles. The first kappa shape index (κ1) is 31.4. The van der Waals surface area contributed by atoms with Gasteiger partial charge in [-0.3, -0.25) is 9.59 Å². The molecule has 1 unspecified atom stereocenters. The summed E-state index contributed by atoms with van der Waals surface area (Å²) in [7, 11) is 0. The van der Waals surface area contributed by atoms with Crippen molar-refractivity contribution >= 4 is 18.0 Å².